The molecular weight excluding hydrogens is 107 g/mol. The fourth-order valence-corrected chi connectivity index (χ4v) is 0.0909. The SMILES string of the molecule is CC(=O)OCO.[Na]. The van der Waals surface area contributed by atoms with E-state index in [0.717, 1.165) is 0 Å². The van der Waals surface area contributed by atoms with Crippen LogP contribution in [0.3, 0.4) is 0 Å². The zero-order chi connectivity index (χ0) is 4.99. The van der Waals surface area contributed by atoms with Crippen molar-refractivity contribution in [3.8, 4) is 0 Å². The topological polar surface area (TPSA) is 46.5 Å². The second-order valence-corrected chi connectivity index (χ2v) is 0.765. The summed E-state index contributed by atoms with van der Waals surface area (Å²) >= 11 is 0. The fraction of sp³-hybridized carbons (Fsp3) is 0.667. The third-order valence-corrected chi connectivity index (χ3v) is 0.268. The van der Waals surface area contributed by atoms with Gasteiger partial charge in [-0.05, 0) is 0 Å². The van der Waals surface area contributed by atoms with Gasteiger partial charge in [0.05, 0.1) is 0 Å². The van der Waals surface area contributed by atoms with Crippen molar-refractivity contribution < 1.29 is 14.6 Å². The van der Waals surface area contributed by atoms with E-state index in [1.807, 2.05) is 0 Å². The van der Waals surface area contributed by atoms with Crippen molar-refractivity contribution >= 4 is 35.5 Å². The molecule has 0 aliphatic carbocycles. The van der Waals surface area contributed by atoms with Gasteiger partial charge in [-0.25, -0.2) is 0 Å². The molecule has 0 fully saturated rings. The van der Waals surface area contributed by atoms with Gasteiger partial charge in [-0.3, -0.25) is 4.79 Å². The number of aliphatic hydroxyl groups excluding tert-OH is 1. The number of carbonyl (C=O) groups is 1. The van der Waals surface area contributed by atoms with Crippen molar-refractivity contribution in [2.24, 2.45) is 0 Å². The average molecular weight is 113 g/mol. The normalized spacial score (nSPS) is 6.57. The van der Waals surface area contributed by atoms with Crippen LogP contribution in [0.2, 0.25) is 0 Å². The van der Waals surface area contributed by atoms with E-state index < -0.39 is 12.8 Å². The fourth-order valence-electron chi connectivity index (χ4n) is 0.0909. The van der Waals surface area contributed by atoms with Crippen LogP contribution in [0.15, 0.2) is 0 Å². The Kier molecular flexibility index (Phi) is 9.57. The van der Waals surface area contributed by atoms with E-state index in [1.165, 1.54) is 6.92 Å². The molecule has 7 heavy (non-hydrogen) atoms. The Labute approximate surface area is 64.0 Å². The molecule has 3 nitrogen and oxygen atoms in total. The molecule has 0 aliphatic rings. The molecular formula is C3H6NaO3. The average Bonchev–Trinajstić information content (AvgIpc) is 1.35. The zero-order valence-electron chi connectivity index (χ0n) is 4.47. The molecule has 0 atom stereocenters. The van der Waals surface area contributed by atoms with Crippen molar-refractivity contribution in [2.75, 3.05) is 6.79 Å². The second kappa shape index (κ2) is 6.43. The number of aliphatic hydroxyl groups is 1. The Morgan fingerprint density at radius 1 is 1.86 bits per heavy atom. The first-order chi connectivity index (χ1) is 2.77. The summed E-state index contributed by atoms with van der Waals surface area (Å²) < 4.78 is 3.96. The molecule has 0 aromatic rings. The van der Waals surface area contributed by atoms with Crippen molar-refractivity contribution in [3.63, 3.8) is 0 Å². The molecule has 0 saturated carbocycles. The molecule has 0 heterocycles. The van der Waals surface area contributed by atoms with Crippen LogP contribution in [-0.4, -0.2) is 47.4 Å². The van der Waals surface area contributed by atoms with Gasteiger partial charge in [0.2, 0.25) is 0 Å². The van der Waals surface area contributed by atoms with Gasteiger partial charge in [-0.15, -0.1) is 0 Å². The summed E-state index contributed by atoms with van der Waals surface area (Å²) in [6.45, 7) is 0.714. The van der Waals surface area contributed by atoms with Crippen LogP contribution in [0, 0.1) is 0 Å². The van der Waals surface area contributed by atoms with E-state index in [2.05, 4.69) is 4.74 Å². The Morgan fingerprint density at radius 2 is 2.29 bits per heavy atom. The minimum absolute atomic E-state index is 0. The Morgan fingerprint density at radius 3 is 2.29 bits per heavy atom. The Balaban J connectivity index is 0. The molecule has 1 radical (unpaired) electrons. The molecule has 0 unspecified atom stereocenters. The first-order valence-corrected chi connectivity index (χ1v) is 1.51. The molecule has 0 aliphatic heterocycles. The minimum atomic E-state index is -0.519. The van der Waals surface area contributed by atoms with Crippen molar-refractivity contribution in [1.82, 2.24) is 0 Å². The van der Waals surface area contributed by atoms with Crippen LogP contribution in [0.4, 0.5) is 0 Å². The van der Waals surface area contributed by atoms with Gasteiger partial charge in [0, 0.05) is 36.5 Å². The molecule has 0 amide bonds. The summed E-state index contributed by atoms with van der Waals surface area (Å²) in [5.74, 6) is -0.461. The number of ether oxygens (including phenoxy) is 1. The zero-order valence-corrected chi connectivity index (χ0v) is 6.47. The molecule has 37 valence electrons. The van der Waals surface area contributed by atoms with Gasteiger partial charge < -0.3 is 9.84 Å². The standard InChI is InChI=1S/C3H6O3.Na/c1-3(5)6-2-4;/h4H,2H2,1H3;. The Bertz CT molecular complexity index is 54.1. The van der Waals surface area contributed by atoms with Crippen molar-refractivity contribution in [3.05, 3.63) is 0 Å². The Hall–Kier alpha value is 0.430. The van der Waals surface area contributed by atoms with E-state index >= 15 is 0 Å². The predicted molar refractivity (Wildman–Crippen MR) is 24.6 cm³/mol. The summed E-state index contributed by atoms with van der Waals surface area (Å²) in [5.41, 5.74) is 0. The first kappa shape index (κ1) is 10.4. The number of esters is 1. The van der Waals surface area contributed by atoms with Crippen LogP contribution in [0.5, 0.6) is 0 Å². The second-order valence-electron chi connectivity index (χ2n) is 0.765. The maximum atomic E-state index is 9.66. The van der Waals surface area contributed by atoms with Gasteiger partial charge in [0.15, 0.2) is 6.79 Å². The largest absolute Gasteiger partial charge is 0.439 e. The maximum absolute atomic E-state index is 9.66. The van der Waals surface area contributed by atoms with Crippen LogP contribution in [0.25, 0.3) is 0 Å². The summed E-state index contributed by atoms with van der Waals surface area (Å²) in [4.78, 5) is 9.66. The molecule has 0 aromatic carbocycles. The summed E-state index contributed by atoms with van der Waals surface area (Å²) in [6.07, 6.45) is 0. The number of hydrogen-bond acceptors (Lipinski definition) is 3. The van der Waals surface area contributed by atoms with E-state index in [9.17, 15) is 4.79 Å². The smallest absolute Gasteiger partial charge is 0.304 e. The number of carbonyl (C=O) groups excluding carboxylic acids is 1. The van der Waals surface area contributed by atoms with Crippen LogP contribution in [0.1, 0.15) is 6.92 Å². The minimum Gasteiger partial charge on any atom is -0.439 e. The van der Waals surface area contributed by atoms with Crippen molar-refractivity contribution in [2.45, 2.75) is 6.92 Å². The molecule has 0 aromatic heterocycles. The number of hydrogen-bond donors (Lipinski definition) is 1. The van der Waals surface area contributed by atoms with Crippen LogP contribution < -0.4 is 0 Å². The van der Waals surface area contributed by atoms with Gasteiger partial charge >= 0.3 is 5.97 Å². The number of rotatable bonds is 1. The molecule has 0 saturated heterocycles. The molecule has 1 N–H and O–H groups in total. The molecule has 4 heteroatoms. The van der Waals surface area contributed by atoms with Crippen molar-refractivity contribution in [1.29, 1.82) is 0 Å². The van der Waals surface area contributed by atoms with Gasteiger partial charge in [0.25, 0.3) is 0 Å². The molecule has 0 bridgehead atoms. The predicted octanol–water partition coefficient (Wildman–Crippen LogP) is -0.882. The first-order valence-electron chi connectivity index (χ1n) is 1.51. The van der Waals surface area contributed by atoms with E-state index in [4.69, 9.17) is 5.11 Å². The van der Waals surface area contributed by atoms with Gasteiger partial charge in [-0.2, -0.15) is 0 Å². The van der Waals surface area contributed by atoms with E-state index in [-0.39, 0.29) is 29.6 Å². The monoisotopic (exact) mass is 113 g/mol. The third-order valence-electron chi connectivity index (χ3n) is 0.268. The third kappa shape index (κ3) is 10.7. The van der Waals surface area contributed by atoms with Gasteiger partial charge in [-0.1, -0.05) is 0 Å². The van der Waals surface area contributed by atoms with Crippen LogP contribution in [-0.2, 0) is 9.53 Å². The summed E-state index contributed by atoms with van der Waals surface area (Å²) in [5, 5.41) is 7.79. The summed E-state index contributed by atoms with van der Waals surface area (Å²) in [6, 6.07) is 0. The molecule has 0 rings (SSSR count). The quantitative estimate of drug-likeness (QED) is 0.273. The van der Waals surface area contributed by atoms with E-state index in [0.29, 0.717) is 0 Å². The molecule has 0 spiro atoms. The van der Waals surface area contributed by atoms with E-state index in [1.54, 1.807) is 0 Å². The van der Waals surface area contributed by atoms with Gasteiger partial charge in [0.1, 0.15) is 0 Å². The summed E-state index contributed by atoms with van der Waals surface area (Å²) in [7, 11) is 0. The van der Waals surface area contributed by atoms with Crippen LogP contribution >= 0.6 is 0 Å². The maximum Gasteiger partial charge on any atom is 0.304 e.